The number of hydrogen-bond acceptors (Lipinski definition) is 5. The normalized spacial score (nSPS) is 11.3. The predicted molar refractivity (Wildman–Crippen MR) is 205 cm³/mol. The fourth-order valence-corrected chi connectivity index (χ4v) is 5.90. The first-order valence-electron chi connectivity index (χ1n) is 16.3. The van der Waals surface area contributed by atoms with E-state index in [1.807, 2.05) is 158 Å². The smallest absolute Gasteiger partial charge is 0.132 e. The topological polar surface area (TPSA) is 74.4 Å². The van der Waals surface area contributed by atoms with Gasteiger partial charge in [0.1, 0.15) is 17.2 Å². The number of phenolic OH excluding ortho intramolecular Hbond substituents is 2. The number of aliphatic imine (C=N–C) groups is 2. The summed E-state index contributed by atoms with van der Waals surface area (Å²) in [6.07, 6.45) is 3.32. The summed E-state index contributed by atoms with van der Waals surface area (Å²) in [5.41, 5.74) is 9.42. The molecule has 0 spiro atoms. The molecule has 0 aliphatic heterocycles. The van der Waals surface area contributed by atoms with Crippen molar-refractivity contribution >= 4 is 23.8 Å². The highest BCUT2D eigenvalue weighted by molar-refractivity contribution is 5.96. The largest absolute Gasteiger partial charge is 0.507 e. The molecule has 0 bridgehead atoms. The molecular formula is C45H34N2O3. The van der Waals surface area contributed by atoms with Crippen LogP contribution in [0.2, 0.25) is 0 Å². The molecule has 0 atom stereocenters. The zero-order valence-electron chi connectivity index (χ0n) is 27.4. The predicted octanol–water partition coefficient (Wildman–Crippen LogP) is 11.3. The van der Waals surface area contributed by atoms with Crippen LogP contribution in [0.25, 0.3) is 44.5 Å². The number of phenols is 2. The number of benzene rings is 7. The van der Waals surface area contributed by atoms with Crippen LogP contribution in [0.3, 0.4) is 0 Å². The van der Waals surface area contributed by atoms with E-state index in [4.69, 9.17) is 14.7 Å². The van der Waals surface area contributed by atoms with E-state index in [2.05, 4.69) is 0 Å². The summed E-state index contributed by atoms with van der Waals surface area (Å²) in [5, 5.41) is 23.0. The van der Waals surface area contributed by atoms with Crippen molar-refractivity contribution in [2.75, 3.05) is 7.11 Å². The van der Waals surface area contributed by atoms with Crippen molar-refractivity contribution in [1.82, 2.24) is 0 Å². The summed E-state index contributed by atoms with van der Waals surface area (Å²) < 4.78 is 5.54. The number of aromatic hydroxyl groups is 2. The summed E-state index contributed by atoms with van der Waals surface area (Å²) in [5.74, 6) is 0.876. The molecule has 5 heteroatoms. The molecule has 0 aromatic heterocycles. The van der Waals surface area contributed by atoms with Gasteiger partial charge in [0.25, 0.3) is 0 Å². The SMILES string of the molecule is COc1ccc(N=Cc2cc(-c3ccccc3)cc(-c3ccccc3)c2O)c(N=Cc2cc(-c3ccccc3)cc(-c3ccccc3)c2O)c1. The van der Waals surface area contributed by atoms with Crippen LogP contribution in [0.4, 0.5) is 11.4 Å². The van der Waals surface area contributed by atoms with Gasteiger partial charge in [-0.2, -0.15) is 0 Å². The third-order valence-corrected chi connectivity index (χ3v) is 8.53. The molecule has 5 nitrogen and oxygen atoms in total. The number of methoxy groups -OCH3 is 1. The van der Waals surface area contributed by atoms with Gasteiger partial charge in [0.15, 0.2) is 0 Å². The highest BCUT2D eigenvalue weighted by Crippen LogP contribution is 2.39. The molecule has 7 aromatic carbocycles. The first-order valence-corrected chi connectivity index (χ1v) is 16.3. The standard InChI is InChI=1S/C45H34N2O3/c1-50-39-22-23-42(46-29-37-24-35(31-14-6-2-7-15-31)26-40(44(37)48)33-18-10-4-11-19-33)43(28-39)47-30-38-25-36(32-16-8-3-9-17-32)27-41(45(38)49)34-20-12-5-13-21-34/h2-30,48-49H,1H3. The first-order chi connectivity index (χ1) is 24.6. The van der Waals surface area contributed by atoms with Gasteiger partial charge < -0.3 is 14.9 Å². The van der Waals surface area contributed by atoms with Gasteiger partial charge in [0.2, 0.25) is 0 Å². The molecule has 0 amide bonds. The second kappa shape index (κ2) is 14.6. The molecular weight excluding hydrogens is 617 g/mol. The molecule has 0 radical (unpaired) electrons. The quantitative estimate of drug-likeness (QED) is 0.153. The highest BCUT2D eigenvalue weighted by Gasteiger charge is 2.14. The van der Waals surface area contributed by atoms with E-state index in [-0.39, 0.29) is 11.5 Å². The van der Waals surface area contributed by atoms with Gasteiger partial charge in [-0.1, -0.05) is 121 Å². The Labute approximate surface area is 291 Å². The van der Waals surface area contributed by atoms with Gasteiger partial charge in [-0.15, -0.1) is 0 Å². The average Bonchev–Trinajstić information content (AvgIpc) is 3.18. The third-order valence-electron chi connectivity index (χ3n) is 8.53. The Morgan fingerprint density at radius 2 is 0.820 bits per heavy atom. The summed E-state index contributed by atoms with van der Waals surface area (Å²) in [4.78, 5) is 9.67. The van der Waals surface area contributed by atoms with Crippen LogP contribution in [0, 0.1) is 0 Å². The van der Waals surface area contributed by atoms with Crippen LogP contribution in [0.15, 0.2) is 174 Å². The van der Waals surface area contributed by atoms with Crippen LogP contribution in [-0.4, -0.2) is 29.8 Å². The fourth-order valence-electron chi connectivity index (χ4n) is 5.90. The zero-order chi connectivity index (χ0) is 34.3. The van der Waals surface area contributed by atoms with E-state index >= 15 is 0 Å². The molecule has 0 fully saturated rings. The molecule has 0 aliphatic rings. The van der Waals surface area contributed by atoms with E-state index in [0.29, 0.717) is 39.4 Å². The Hall–Kier alpha value is -6.72. The van der Waals surface area contributed by atoms with Crippen molar-refractivity contribution in [3.8, 4) is 61.8 Å². The van der Waals surface area contributed by atoms with Crippen LogP contribution in [-0.2, 0) is 0 Å². The fraction of sp³-hybridized carbons (Fsp3) is 0.0222. The van der Waals surface area contributed by atoms with Crippen molar-refractivity contribution in [2.45, 2.75) is 0 Å². The summed E-state index contributed by atoms with van der Waals surface area (Å²) in [6, 6.07) is 53.1. The molecule has 0 aliphatic carbocycles. The summed E-state index contributed by atoms with van der Waals surface area (Å²) in [6.45, 7) is 0. The van der Waals surface area contributed by atoms with E-state index in [9.17, 15) is 10.2 Å². The third kappa shape index (κ3) is 6.93. The molecule has 50 heavy (non-hydrogen) atoms. The van der Waals surface area contributed by atoms with E-state index < -0.39 is 0 Å². The van der Waals surface area contributed by atoms with Gasteiger partial charge in [-0.3, -0.25) is 9.98 Å². The first kappa shape index (κ1) is 31.9. The Morgan fingerprint density at radius 3 is 1.24 bits per heavy atom. The van der Waals surface area contributed by atoms with Crippen molar-refractivity contribution in [3.63, 3.8) is 0 Å². The summed E-state index contributed by atoms with van der Waals surface area (Å²) in [7, 11) is 1.60. The van der Waals surface area contributed by atoms with Crippen LogP contribution in [0.5, 0.6) is 17.2 Å². The lowest BCUT2D eigenvalue weighted by Crippen LogP contribution is -1.91. The van der Waals surface area contributed by atoms with E-state index in [0.717, 1.165) is 33.4 Å². The lowest BCUT2D eigenvalue weighted by atomic mass is 9.95. The molecule has 2 N–H and O–H groups in total. The van der Waals surface area contributed by atoms with Gasteiger partial charge in [-0.25, -0.2) is 0 Å². The monoisotopic (exact) mass is 650 g/mol. The molecule has 242 valence electrons. The second-order valence-corrected chi connectivity index (χ2v) is 11.8. The average molecular weight is 651 g/mol. The van der Waals surface area contributed by atoms with E-state index in [1.54, 1.807) is 25.6 Å². The lowest BCUT2D eigenvalue weighted by molar-refractivity contribution is 0.415. The Kier molecular flexibility index (Phi) is 9.29. The van der Waals surface area contributed by atoms with E-state index in [1.165, 1.54) is 0 Å². The van der Waals surface area contributed by atoms with Gasteiger partial charge in [-0.05, 0) is 69.8 Å². The lowest BCUT2D eigenvalue weighted by Gasteiger charge is -2.12. The Morgan fingerprint density at radius 1 is 0.420 bits per heavy atom. The molecule has 0 saturated carbocycles. The van der Waals surface area contributed by atoms with Gasteiger partial charge >= 0.3 is 0 Å². The minimum atomic E-state index is 0.128. The number of nitrogens with zero attached hydrogens (tertiary/aromatic N) is 2. The van der Waals surface area contributed by atoms with Crippen LogP contribution >= 0.6 is 0 Å². The Bertz CT molecular complexity index is 2300. The number of ether oxygens (including phenoxy) is 1. The van der Waals surface area contributed by atoms with Crippen LogP contribution < -0.4 is 4.74 Å². The maximum Gasteiger partial charge on any atom is 0.132 e. The Balaban J connectivity index is 1.31. The van der Waals surface area contributed by atoms with Crippen molar-refractivity contribution in [3.05, 3.63) is 175 Å². The second-order valence-electron chi connectivity index (χ2n) is 11.8. The zero-order valence-corrected chi connectivity index (χ0v) is 27.4. The number of rotatable bonds is 9. The molecule has 0 unspecified atom stereocenters. The molecule has 7 rings (SSSR count). The summed E-state index contributed by atoms with van der Waals surface area (Å²) >= 11 is 0. The van der Waals surface area contributed by atoms with Crippen LogP contribution in [0.1, 0.15) is 11.1 Å². The molecule has 0 saturated heterocycles. The van der Waals surface area contributed by atoms with Crippen molar-refractivity contribution in [2.24, 2.45) is 9.98 Å². The molecule has 7 aromatic rings. The highest BCUT2D eigenvalue weighted by atomic mass is 16.5. The molecule has 0 heterocycles. The van der Waals surface area contributed by atoms with Gasteiger partial charge in [0, 0.05) is 40.7 Å². The maximum absolute atomic E-state index is 11.5. The van der Waals surface area contributed by atoms with Crippen molar-refractivity contribution in [1.29, 1.82) is 0 Å². The number of hydrogen-bond donors (Lipinski definition) is 2. The minimum absolute atomic E-state index is 0.128. The minimum Gasteiger partial charge on any atom is -0.507 e. The van der Waals surface area contributed by atoms with Gasteiger partial charge in [0.05, 0.1) is 18.5 Å². The maximum atomic E-state index is 11.5. The van der Waals surface area contributed by atoms with Crippen molar-refractivity contribution < 1.29 is 14.9 Å².